The number of aliphatic carboxylic acids is 1. The maximum atomic E-state index is 11.2. The van der Waals surface area contributed by atoms with E-state index in [0.29, 0.717) is 13.2 Å². The summed E-state index contributed by atoms with van der Waals surface area (Å²) in [4.78, 5) is 21.5. The van der Waals surface area contributed by atoms with E-state index < -0.39 is 18.1 Å². The lowest BCUT2D eigenvalue weighted by Gasteiger charge is -2.13. The van der Waals surface area contributed by atoms with Crippen molar-refractivity contribution in [2.75, 3.05) is 19.7 Å². The zero-order valence-corrected chi connectivity index (χ0v) is 10.1. The Morgan fingerprint density at radius 3 is 2.53 bits per heavy atom. The summed E-state index contributed by atoms with van der Waals surface area (Å²) in [5.74, 6) is -1.29. The molecule has 0 saturated heterocycles. The zero-order valence-electron chi connectivity index (χ0n) is 10.1. The van der Waals surface area contributed by atoms with Gasteiger partial charge < -0.3 is 25.6 Å². The van der Waals surface area contributed by atoms with Crippen molar-refractivity contribution in [3.8, 4) is 0 Å². The Labute approximate surface area is 100 Å². The lowest BCUT2D eigenvalue weighted by Crippen LogP contribution is -2.41. The number of hydrogen-bond acceptors (Lipinski definition) is 4. The van der Waals surface area contributed by atoms with Crippen LogP contribution in [0.2, 0.25) is 0 Å². The molecule has 4 N–H and O–H groups in total. The van der Waals surface area contributed by atoms with Crippen LogP contribution in [0.15, 0.2) is 0 Å². The summed E-state index contributed by atoms with van der Waals surface area (Å²) in [6.07, 6.45) is -1.54. The summed E-state index contributed by atoms with van der Waals surface area (Å²) in [5.41, 5.74) is 0. The number of carboxylic acid groups (broad SMARTS) is 1. The Bertz CT molecular complexity index is 247. The molecule has 1 unspecified atom stereocenters. The van der Waals surface area contributed by atoms with E-state index in [1.54, 1.807) is 0 Å². The van der Waals surface area contributed by atoms with Gasteiger partial charge in [0.15, 0.2) is 6.10 Å². The molecule has 0 heterocycles. The van der Waals surface area contributed by atoms with Gasteiger partial charge in [-0.05, 0) is 13.8 Å². The van der Waals surface area contributed by atoms with Crippen molar-refractivity contribution in [1.29, 1.82) is 0 Å². The van der Waals surface area contributed by atoms with Gasteiger partial charge >= 0.3 is 12.0 Å². The second-order valence-corrected chi connectivity index (χ2v) is 3.55. The summed E-state index contributed by atoms with van der Waals surface area (Å²) >= 11 is 0. The molecule has 0 bridgehead atoms. The number of aliphatic hydroxyl groups excluding tert-OH is 1. The Kier molecular flexibility index (Phi) is 8.08. The fourth-order valence-electron chi connectivity index (χ4n) is 1.09. The Balaban J connectivity index is 3.56. The molecular weight excluding hydrogens is 228 g/mol. The number of amides is 2. The first kappa shape index (κ1) is 15.7. The van der Waals surface area contributed by atoms with Crippen LogP contribution >= 0.6 is 0 Å². The van der Waals surface area contributed by atoms with E-state index in [1.165, 1.54) is 0 Å². The molecule has 0 radical (unpaired) electrons. The average molecular weight is 248 g/mol. The van der Waals surface area contributed by atoms with Gasteiger partial charge in [-0.25, -0.2) is 9.59 Å². The highest BCUT2D eigenvalue weighted by Crippen LogP contribution is 1.90. The van der Waals surface area contributed by atoms with Crippen molar-refractivity contribution in [1.82, 2.24) is 10.6 Å². The predicted octanol–water partition coefficient (Wildman–Crippen LogP) is -0.454. The molecule has 0 saturated carbocycles. The van der Waals surface area contributed by atoms with E-state index in [-0.39, 0.29) is 19.1 Å². The minimum absolute atomic E-state index is 0.0240. The Morgan fingerprint density at radius 2 is 2.00 bits per heavy atom. The van der Waals surface area contributed by atoms with Gasteiger partial charge in [0.05, 0.1) is 6.10 Å². The number of hydrogen-bond donors (Lipinski definition) is 4. The maximum absolute atomic E-state index is 11.2. The zero-order chi connectivity index (χ0) is 13.3. The molecule has 17 heavy (non-hydrogen) atoms. The third-order valence-electron chi connectivity index (χ3n) is 1.99. The average Bonchev–Trinajstić information content (AvgIpc) is 2.26. The molecule has 0 aliphatic heterocycles. The van der Waals surface area contributed by atoms with Crippen LogP contribution in [0, 0.1) is 0 Å². The minimum atomic E-state index is -1.45. The van der Waals surface area contributed by atoms with Gasteiger partial charge in [0.25, 0.3) is 0 Å². The highest BCUT2D eigenvalue weighted by molar-refractivity contribution is 5.74. The molecule has 7 heteroatoms. The minimum Gasteiger partial charge on any atom is -0.479 e. The van der Waals surface area contributed by atoms with Crippen molar-refractivity contribution in [2.45, 2.75) is 32.5 Å². The molecular formula is C10H20N2O5. The summed E-state index contributed by atoms with van der Waals surface area (Å²) in [5, 5.41) is 22.3. The van der Waals surface area contributed by atoms with Gasteiger partial charge in [-0.15, -0.1) is 0 Å². The molecule has 2 atom stereocenters. The van der Waals surface area contributed by atoms with E-state index >= 15 is 0 Å². The normalized spacial score (nSPS) is 13.8. The molecule has 0 aromatic carbocycles. The van der Waals surface area contributed by atoms with Crippen LogP contribution in [0.4, 0.5) is 4.79 Å². The van der Waals surface area contributed by atoms with E-state index in [1.807, 2.05) is 13.8 Å². The summed E-state index contributed by atoms with van der Waals surface area (Å²) in [6, 6.07) is -0.408. The quantitative estimate of drug-likeness (QED) is 0.465. The van der Waals surface area contributed by atoms with Gasteiger partial charge in [0.2, 0.25) is 0 Å². The van der Waals surface area contributed by atoms with E-state index in [4.69, 9.17) is 14.9 Å². The monoisotopic (exact) mass is 248 g/mol. The Morgan fingerprint density at radius 1 is 1.35 bits per heavy atom. The van der Waals surface area contributed by atoms with Gasteiger partial charge in [0, 0.05) is 26.1 Å². The molecule has 0 aromatic rings. The third-order valence-corrected chi connectivity index (χ3v) is 1.99. The van der Waals surface area contributed by atoms with Crippen molar-refractivity contribution in [3.63, 3.8) is 0 Å². The number of urea groups is 1. The first-order valence-electron chi connectivity index (χ1n) is 5.51. The summed E-state index contributed by atoms with van der Waals surface area (Å²) < 4.78 is 5.21. The van der Waals surface area contributed by atoms with E-state index in [9.17, 15) is 9.59 Å². The number of ether oxygens (including phenoxy) is 1. The van der Waals surface area contributed by atoms with Crippen LogP contribution in [-0.4, -0.2) is 54.1 Å². The van der Waals surface area contributed by atoms with Crippen LogP contribution in [0.1, 0.15) is 20.3 Å². The van der Waals surface area contributed by atoms with Gasteiger partial charge in [-0.3, -0.25) is 0 Å². The first-order valence-corrected chi connectivity index (χ1v) is 5.51. The lowest BCUT2D eigenvalue weighted by atomic mass is 10.2. The fraction of sp³-hybridized carbons (Fsp3) is 0.800. The number of carboxylic acids is 1. The highest BCUT2D eigenvalue weighted by Gasteiger charge is 2.12. The number of nitrogens with one attached hydrogen (secondary N) is 2. The number of aliphatic hydroxyl groups is 1. The van der Waals surface area contributed by atoms with Crippen molar-refractivity contribution >= 4 is 12.0 Å². The second kappa shape index (κ2) is 8.77. The number of carbonyl (C=O) groups is 2. The van der Waals surface area contributed by atoms with Crippen molar-refractivity contribution < 1.29 is 24.5 Å². The van der Waals surface area contributed by atoms with Crippen LogP contribution < -0.4 is 10.6 Å². The second-order valence-electron chi connectivity index (χ2n) is 3.55. The van der Waals surface area contributed by atoms with Crippen LogP contribution in [-0.2, 0) is 9.53 Å². The smallest absolute Gasteiger partial charge is 0.332 e. The van der Waals surface area contributed by atoms with Gasteiger partial charge in [0.1, 0.15) is 0 Å². The standard InChI is InChI=1S/C10H20N2O5/c1-3-17-7(2)6-12-10(16)11-5-4-8(13)9(14)15/h7-8,13H,3-6H2,1-2H3,(H,14,15)(H2,11,12,16)/t7?,8-/m0/s1. The SMILES string of the molecule is CCOC(C)CNC(=O)NCC[C@H](O)C(=O)O. The van der Waals surface area contributed by atoms with Crippen LogP contribution in [0.3, 0.4) is 0 Å². The third kappa shape index (κ3) is 8.47. The van der Waals surface area contributed by atoms with Crippen molar-refractivity contribution in [2.24, 2.45) is 0 Å². The van der Waals surface area contributed by atoms with E-state index in [2.05, 4.69) is 10.6 Å². The van der Waals surface area contributed by atoms with Crippen LogP contribution in [0.25, 0.3) is 0 Å². The molecule has 0 fully saturated rings. The largest absolute Gasteiger partial charge is 0.479 e. The lowest BCUT2D eigenvalue weighted by molar-refractivity contribution is -0.146. The molecule has 100 valence electrons. The predicted molar refractivity (Wildman–Crippen MR) is 60.7 cm³/mol. The van der Waals surface area contributed by atoms with Crippen LogP contribution in [0.5, 0.6) is 0 Å². The fourth-order valence-corrected chi connectivity index (χ4v) is 1.09. The molecule has 0 aromatic heterocycles. The van der Waals surface area contributed by atoms with Crippen molar-refractivity contribution in [3.05, 3.63) is 0 Å². The number of carbonyl (C=O) groups excluding carboxylic acids is 1. The molecule has 0 spiro atoms. The summed E-state index contributed by atoms with van der Waals surface area (Å²) in [6.45, 7) is 4.75. The number of rotatable bonds is 8. The Hall–Kier alpha value is -1.34. The molecule has 0 aliphatic rings. The first-order chi connectivity index (χ1) is 7.97. The highest BCUT2D eigenvalue weighted by atomic mass is 16.5. The summed E-state index contributed by atoms with van der Waals surface area (Å²) in [7, 11) is 0. The topological polar surface area (TPSA) is 108 Å². The van der Waals surface area contributed by atoms with E-state index in [0.717, 1.165) is 0 Å². The molecule has 7 nitrogen and oxygen atoms in total. The van der Waals surface area contributed by atoms with Gasteiger partial charge in [-0.2, -0.15) is 0 Å². The molecule has 2 amide bonds. The molecule has 0 rings (SSSR count). The van der Waals surface area contributed by atoms with Gasteiger partial charge in [-0.1, -0.05) is 0 Å². The molecule has 0 aliphatic carbocycles. The maximum Gasteiger partial charge on any atom is 0.332 e.